The first-order chi connectivity index (χ1) is 8.81. The van der Waals surface area contributed by atoms with Gasteiger partial charge in [0.2, 0.25) is 0 Å². The molecule has 2 aromatic carbocycles. The second-order valence-electron chi connectivity index (χ2n) is 4.46. The first-order valence-corrected chi connectivity index (χ1v) is 6.24. The summed E-state index contributed by atoms with van der Waals surface area (Å²) < 4.78 is 5.50. The maximum absolute atomic E-state index is 11.9. The monoisotopic (exact) mass is 238 g/mol. The van der Waals surface area contributed by atoms with Crippen molar-refractivity contribution in [1.82, 2.24) is 0 Å². The summed E-state index contributed by atoms with van der Waals surface area (Å²) in [6.45, 7) is 2.01. The van der Waals surface area contributed by atoms with Gasteiger partial charge >= 0.3 is 0 Å². The minimum Gasteiger partial charge on any atom is -0.448 e. The zero-order valence-electron chi connectivity index (χ0n) is 10.3. The van der Waals surface area contributed by atoms with Gasteiger partial charge in [-0.2, -0.15) is 0 Å². The first kappa shape index (κ1) is 11.0. The molecule has 90 valence electrons. The van der Waals surface area contributed by atoms with E-state index in [9.17, 15) is 4.79 Å². The van der Waals surface area contributed by atoms with Gasteiger partial charge in [0.1, 0.15) is 0 Å². The van der Waals surface area contributed by atoms with E-state index in [0.717, 1.165) is 34.6 Å². The van der Waals surface area contributed by atoms with Crippen LogP contribution in [0.1, 0.15) is 30.1 Å². The Bertz CT molecular complexity index is 600. The number of rotatable bonds is 4. The van der Waals surface area contributed by atoms with Crippen LogP contribution >= 0.6 is 0 Å². The molecule has 2 aromatic rings. The molecule has 0 saturated carbocycles. The molecule has 2 heteroatoms. The van der Waals surface area contributed by atoms with Crippen LogP contribution in [0.4, 0.5) is 0 Å². The van der Waals surface area contributed by atoms with Crippen molar-refractivity contribution in [3.05, 3.63) is 48.0 Å². The third-order valence-corrected chi connectivity index (χ3v) is 3.14. The van der Waals surface area contributed by atoms with Crippen molar-refractivity contribution < 1.29 is 9.53 Å². The number of hydrogen-bond donors (Lipinski definition) is 0. The van der Waals surface area contributed by atoms with Crippen LogP contribution in [0, 0.1) is 0 Å². The third-order valence-electron chi connectivity index (χ3n) is 3.14. The fourth-order valence-corrected chi connectivity index (χ4v) is 2.18. The van der Waals surface area contributed by atoms with Gasteiger partial charge in [0.25, 0.3) is 0 Å². The van der Waals surface area contributed by atoms with Gasteiger partial charge in [-0.25, -0.2) is 0 Å². The number of Topliss-reactive ketones (excluding diaryl/α,β-unsaturated/α-hetero) is 1. The van der Waals surface area contributed by atoms with Crippen molar-refractivity contribution in [2.24, 2.45) is 0 Å². The molecule has 0 atom stereocenters. The fraction of sp³-hybridized carbons (Fsp3) is 0.188. The molecule has 1 aliphatic rings. The Labute approximate surface area is 106 Å². The van der Waals surface area contributed by atoms with Gasteiger partial charge in [0.15, 0.2) is 17.3 Å². The second-order valence-corrected chi connectivity index (χ2v) is 4.46. The molecule has 0 fully saturated rings. The minimum absolute atomic E-state index is 0.172. The summed E-state index contributed by atoms with van der Waals surface area (Å²) in [4.78, 5) is 11.9. The number of carbonyl (C=O) groups is 1. The maximum atomic E-state index is 11.9. The molecule has 0 saturated heterocycles. The molecule has 0 radical (unpaired) electrons. The van der Waals surface area contributed by atoms with E-state index in [1.807, 2.05) is 49.4 Å². The van der Waals surface area contributed by atoms with Crippen molar-refractivity contribution >= 4 is 5.78 Å². The van der Waals surface area contributed by atoms with E-state index in [1.165, 1.54) is 0 Å². The number of fused-ring (bicyclic) bond motifs is 1. The summed E-state index contributed by atoms with van der Waals surface area (Å²) in [7, 11) is 0. The van der Waals surface area contributed by atoms with Crippen LogP contribution in [0.3, 0.4) is 0 Å². The topological polar surface area (TPSA) is 29.6 Å². The zero-order valence-corrected chi connectivity index (χ0v) is 10.3. The van der Waals surface area contributed by atoms with Crippen LogP contribution in [-0.4, -0.2) is 5.78 Å². The Morgan fingerprint density at radius 3 is 2.56 bits per heavy atom. The fourth-order valence-electron chi connectivity index (χ4n) is 2.18. The van der Waals surface area contributed by atoms with Gasteiger partial charge in [0, 0.05) is 12.0 Å². The number of benzene rings is 2. The normalized spacial score (nSPS) is 11.6. The lowest BCUT2D eigenvalue weighted by Gasteiger charge is -1.99. The summed E-state index contributed by atoms with van der Waals surface area (Å²) in [6.07, 6.45) is 1.45. The summed E-state index contributed by atoms with van der Waals surface area (Å²) in [5.74, 6) is 1.81. The van der Waals surface area contributed by atoms with Crippen molar-refractivity contribution in [3.8, 4) is 22.6 Å². The van der Waals surface area contributed by atoms with Gasteiger partial charge in [-0.3, -0.25) is 4.79 Å². The highest BCUT2D eigenvalue weighted by Crippen LogP contribution is 2.54. The predicted octanol–water partition coefficient (Wildman–Crippen LogP) is 4.44. The van der Waals surface area contributed by atoms with Gasteiger partial charge in [0.05, 0.1) is 5.56 Å². The molecule has 0 amide bonds. The number of carbonyl (C=O) groups excluding carboxylic acids is 1. The highest BCUT2D eigenvalue weighted by atomic mass is 16.6. The van der Waals surface area contributed by atoms with Crippen molar-refractivity contribution in [1.29, 1.82) is 0 Å². The van der Waals surface area contributed by atoms with Crippen molar-refractivity contribution in [2.75, 3.05) is 0 Å². The largest absolute Gasteiger partial charge is 0.448 e. The Morgan fingerprint density at radius 2 is 1.83 bits per heavy atom. The number of ketones is 1. The Morgan fingerprint density at radius 1 is 1.06 bits per heavy atom. The SMILES string of the molecule is CCCC(=O)c1ccc(-c2ccccc2)c2c1O2. The summed E-state index contributed by atoms with van der Waals surface area (Å²) in [5, 5.41) is 0. The Balaban J connectivity index is 1.97. The minimum atomic E-state index is 0.172. The lowest BCUT2D eigenvalue weighted by atomic mass is 10.0. The van der Waals surface area contributed by atoms with Gasteiger partial charge < -0.3 is 4.74 Å². The van der Waals surface area contributed by atoms with E-state index in [1.54, 1.807) is 0 Å². The van der Waals surface area contributed by atoms with E-state index >= 15 is 0 Å². The third kappa shape index (κ3) is 1.80. The Hall–Kier alpha value is -2.09. The molecule has 0 bridgehead atoms. The van der Waals surface area contributed by atoms with Crippen LogP contribution in [0.5, 0.6) is 11.5 Å². The van der Waals surface area contributed by atoms with Gasteiger partial charge in [-0.05, 0) is 24.1 Å². The molecule has 0 aromatic heterocycles. The van der Waals surface area contributed by atoms with E-state index < -0.39 is 0 Å². The summed E-state index contributed by atoms with van der Waals surface area (Å²) in [5.41, 5.74) is 2.92. The van der Waals surface area contributed by atoms with E-state index in [4.69, 9.17) is 4.74 Å². The lowest BCUT2D eigenvalue weighted by molar-refractivity contribution is 0.0981. The van der Waals surface area contributed by atoms with E-state index in [0.29, 0.717) is 6.42 Å². The van der Waals surface area contributed by atoms with Crippen molar-refractivity contribution in [2.45, 2.75) is 19.8 Å². The standard InChI is InChI=1S/C16H14O2/c1-2-6-14(17)13-10-9-12(15-16(13)18-15)11-7-4-3-5-8-11/h3-5,7-10H,2,6H2,1H3. The Kier molecular flexibility index (Phi) is 2.63. The average molecular weight is 238 g/mol. The molecular weight excluding hydrogens is 224 g/mol. The number of ether oxygens (including phenoxy) is 1. The zero-order chi connectivity index (χ0) is 12.5. The van der Waals surface area contributed by atoms with E-state index in [-0.39, 0.29) is 5.78 Å². The summed E-state index contributed by atoms with van der Waals surface area (Å²) in [6, 6.07) is 13.9. The average Bonchev–Trinajstić information content (AvgIpc) is 3.19. The summed E-state index contributed by atoms with van der Waals surface area (Å²) >= 11 is 0. The molecule has 3 rings (SSSR count). The molecule has 0 unspecified atom stereocenters. The second kappa shape index (κ2) is 4.30. The highest BCUT2D eigenvalue weighted by molar-refractivity contribution is 6.03. The first-order valence-electron chi connectivity index (χ1n) is 6.24. The molecule has 2 nitrogen and oxygen atoms in total. The molecule has 0 spiro atoms. The maximum Gasteiger partial charge on any atom is 0.181 e. The molecular formula is C16H14O2. The molecule has 1 heterocycles. The van der Waals surface area contributed by atoms with Crippen LogP contribution in [0.2, 0.25) is 0 Å². The van der Waals surface area contributed by atoms with Crippen LogP contribution in [-0.2, 0) is 0 Å². The highest BCUT2D eigenvalue weighted by Gasteiger charge is 2.31. The molecule has 0 aliphatic carbocycles. The molecule has 0 N–H and O–H groups in total. The smallest absolute Gasteiger partial charge is 0.181 e. The van der Waals surface area contributed by atoms with Gasteiger partial charge in [-0.15, -0.1) is 0 Å². The van der Waals surface area contributed by atoms with E-state index in [2.05, 4.69) is 0 Å². The quantitative estimate of drug-likeness (QED) is 0.496. The molecule has 18 heavy (non-hydrogen) atoms. The van der Waals surface area contributed by atoms with Crippen LogP contribution in [0.25, 0.3) is 11.1 Å². The number of hydrogen-bond acceptors (Lipinski definition) is 2. The van der Waals surface area contributed by atoms with Gasteiger partial charge in [-0.1, -0.05) is 37.3 Å². The van der Waals surface area contributed by atoms with Crippen LogP contribution in [0.15, 0.2) is 42.5 Å². The predicted molar refractivity (Wildman–Crippen MR) is 71.2 cm³/mol. The van der Waals surface area contributed by atoms with Crippen molar-refractivity contribution in [3.63, 3.8) is 0 Å². The van der Waals surface area contributed by atoms with Crippen LogP contribution < -0.4 is 4.74 Å². The molecule has 1 aliphatic heterocycles. The lowest BCUT2D eigenvalue weighted by Crippen LogP contribution is -1.95.